The van der Waals surface area contributed by atoms with Gasteiger partial charge in [-0.05, 0) is 80.5 Å². The third kappa shape index (κ3) is 4.21. The van der Waals surface area contributed by atoms with Crippen molar-refractivity contribution in [2.75, 3.05) is 18.2 Å². The van der Waals surface area contributed by atoms with Gasteiger partial charge >= 0.3 is 5.97 Å². The number of anilines is 1. The quantitative estimate of drug-likeness (QED) is 0.394. The van der Waals surface area contributed by atoms with Crippen LogP contribution in [0.5, 0.6) is 0 Å². The molecule has 6 rings (SSSR count). The van der Waals surface area contributed by atoms with Gasteiger partial charge < -0.3 is 9.84 Å². The summed E-state index contributed by atoms with van der Waals surface area (Å²) in [6.45, 7) is 5.10. The Hall–Kier alpha value is -2.62. The summed E-state index contributed by atoms with van der Waals surface area (Å²) >= 11 is 6.10. The minimum absolute atomic E-state index is 0.0505. The monoisotopic (exact) mass is 617 g/mol. The number of hydrogen-bond acceptors (Lipinski definition) is 7. The molecule has 4 fully saturated rings. The van der Waals surface area contributed by atoms with Crippen molar-refractivity contribution in [3.8, 4) is 0 Å². The van der Waals surface area contributed by atoms with E-state index >= 15 is 8.78 Å². The minimum Gasteiger partial charge on any atom is -0.458 e. The highest BCUT2D eigenvalue weighted by atomic mass is 35.5. The molecule has 0 radical (unpaired) electrons. The van der Waals surface area contributed by atoms with Crippen LogP contribution < -0.4 is 5.06 Å². The SMILES string of the molecule is CCCCC(=O)OCC(=O)[C@@]12ON(c3ccc(Cl)cc3)C[C@@H]1C[C@H]1[C@@H]3C[C@H](F)C4=CC(=O)C=C[C@]4(C)[C@@]3(F)[C@@H](O)C[C@@]12C. The number of ketones is 2. The zero-order valence-corrected chi connectivity index (χ0v) is 25.4. The number of aliphatic hydroxyl groups is 1. The molecule has 0 spiro atoms. The first-order valence-corrected chi connectivity index (χ1v) is 15.6. The number of allylic oxidation sites excluding steroid dienone is 4. The highest BCUT2D eigenvalue weighted by Gasteiger charge is 2.79. The lowest BCUT2D eigenvalue weighted by Gasteiger charge is -2.63. The van der Waals surface area contributed by atoms with E-state index in [1.807, 2.05) is 13.8 Å². The molecular formula is C33H38ClF2NO6. The van der Waals surface area contributed by atoms with E-state index in [9.17, 15) is 19.5 Å². The Balaban J connectivity index is 1.40. The van der Waals surface area contributed by atoms with Crippen LogP contribution in [0.1, 0.15) is 59.3 Å². The maximum Gasteiger partial charge on any atom is 0.306 e. The van der Waals surface area contributed by atoms with E-state index in [4.69, 9.17) is 21.2 Å². The van der Waals surface area contributed by atoms with E-state index < -0.39 is 76.3 Å². The smallest absolute Gasteiger partial charge is 0.306 e. The number of hydroxylamine groups is 1. The molecule has 9 atom stereocenters. The molecule has 3 saturated carbocycles. The van der Waals surface area contributed by atoms with Gasteiger partial charge in [-0.15, -0.1) is 0 Å². The highest BCUT2D eigenvalue weighted by molar-refractivity contribution is 6.30. The fourth-order valence-corrected chi connectivity index (χ4v) is 9.28. The first-order chi connectivity index (χ1) is 20.3. The molecule has 7 nitrogen and oxygen atoms in total. The molecule has 0 amide bonds. The van der Waals surface area contributed by atoms with E-state index in [1.165, 1.54) is 12.2 Å². The van der Waals surface area contributed by atoms with Crippen molar-refractivity contribution in [3.63, 3.8) is 0 Å². The highest BCUT2D eigenvalue weighted by Crippen LogP contribution is 2.72. The van der Waals surface area contributed by atoms with Crippen molar-refractivity contribution >= 4 is 34.8 Å². The third-order valence-electron chi connectivity index (χ3n) is 11.2. The van der Waals surface area contributed by atoms with E-state index in [-0.39, 0.29) is 24.8 Å². The number of esters is 1. The number of rotatable bonds is 7. The van der Waals surface area contributed by atoms with Crippen LogP contribution in [0.4, 0.5) is 14.5 Å². The van der Waals surface area contributed by atoms with Crippen LogP contribution in [0.3, 0.4) is 0 Å². The second-order valence-corrected chi connectivity index (χ2v) is 13.8. The van der Waals surface area contributed by atoms with Crippen molar-refractivity contribution in [2.45, 2.75) is 82.8 Å². The summed E-state index contributed by atoms with van der Waals surface area (Å²) in [5.41, 5.74) is -5.74. The second-order valence-electron chi connectivity index (χ2n) is 13.3. The van der Waals surface area contributed by atoms with E-state index in [0.717, 1.165) is 12.5 Å². The summed E-state index contributed by atoms with van der Waals surface area (Å²) in [5.74, 6) is -3.27. The normalized spacial score (nSPS) is 41.2. The van der Waals surface area contributed by atoms with Crippen molar-refractivity contribution < 1.29 is 37.8 Å². The molecule has 4 aliphatic carbocycles. The molecule has 5 aliphatic rings. The number of aliphatic hydroxyl groups excluding tert-OH is 1. The molecule has 1 N–H and O–H groups in total. The van der Waals surface area contributed by atoms with Gasteiger partial charge in [0.05, 0.1) is 18.3 Å². The number of ether oxygens (including phenoxy) is 1. The fourth-order valence-electron chi connectivity index (χ4n) is 9.16. The Morgan fingerprint density at radius 1 is 1.19 bits per heavy atom. The molecule has 1 aliphatic heterocycles. The molecule has 1 heterocycles. The zero-order valence-electron chi connectivity index (χ0n) is 24.7. The number of halogens is 3. The topological polar surface area (TPSA) is 93.1 Å². The van der Waals surface area contributed by atoms with Gasteiger partial charge in [-0.1, -0.05) is 37.9 Å². The van der Waals surface area contributed by atoms with Gasteiger partial charge in [-0.2, -0.15) is 0 Å². The number of carbonyl (C=O) groups is 3. The largest absolute Gasteiger partial charge is 0.458 e. The average Bonchev–Trinajstić information content (AvgIpc) is 3.47. The second kappa shape index (κ2) is 10.5. The Morgan fingerprint density at radius 2 is 1.91 bits per heavy atom. The van der Waals surface area contributed by atoms with Crippen LogP contribution >= 0.6 is 11.6 Å². The van der Waals surface area contributed by atoms with Gasteiger partial charge in [0.25, 0.3) is 0 Å². The molecule has 1 saturated heterocycles. The summed E-state index contributed by atoms with van der Waals surface area (Å²) in [5, 5.41) is 13.9. The number of carbonyl (C=O) groups excluding carboxylic acids is 3. The van der Waals surface area contributed by atoms with Crippen molar-refractivity contribution in [1.29, 1.82) is 0 Å². The summed E-state index contributed by atoms with van der Waals surface area (Å²) in [6.07, 6.45) is 2.26. The Kier molecular flexibility index (Phi) is 7.41. The molecule has 0 unspecified atom stereocenters. The standard InChI is InChI=1S/C33H38ClF2NO6/c1-4-5-6-29(41)42-18-28(40)33-19(17-37(43-33)21-9-7-20(34)8-10-21)13-23-24-15-26(35)25-14-22(38)11-12-30(25,2)32(24,36)27(39)16-31(23,33)3/h7-12,14,19,23-24,26-27,39H,4-6,13,15-18H2,1-3H3/t19-,23-,24-,26-,27-,30-,31-,32-,33-/m0/s1. The lowest BCUT2D eigenvalue weighted by atomic mass is 9.44. The van der Waals surface area contributed by atoms with Gasteiger partial charge in [0.1, 0.15) is 6.17 Å². The summed E-state index contributed by atoms with van der Waals surface area (Å²) in [6, 6.07) is 6.97. The van der Waals surface area contributed by atoms with E-state index in [0.29, 0.717) is 30.1 Å². The Labute approximate surface area is 255 Å². The molecular weight excluding hydrogens is 580 g/mol. The predicted octanol–water partition coefficient (Wildman–Crippen LogP) is 5.68. The fraction of sp³-hybridized carbons (Fsp3) is 0.606. The maximum atomic E-state index is 17.7. The first kappa shape index (κ1) is 30.4. The number of unbranched alkanes of at least 4 members (excludes halogenated alkanes) is 1. The molecule has 1 aromatic carbocycles. The Bertz CT molecular complexity index is 1400. The van der Waals surface area contributed by atoms with Crippen LogP contribution in [-0.2, 0) is 24.0 Å². The van der Waals surface area contributed by atoms with Crippen molar-refractivity contribution in [2.24, 2.45) is 28.6 Å². The third-order valence-corrected chi connectivity index (χ3v) is 11.5. The minimum atomic E-state index is -2.27. The molecule has 1 aromatic rings. The number of alkyl halides is 2. The molecule has 0 aromatic heterocycles. The summed E-state index contributed by atoms with van der Waals surface area (Å²) < 4.78 is 39.0. The number of benzene rings is 1. The van der Waals surface area contributed by atoms with E-state index in [2.05, 4.69) is 0 Å². The predicted molar refractivity (Wildman–Crippen MR) is 156 cm³/mol. The van der Waals surface area contributed by atoms with Gasteiger partial charge in [0.15, 0.2) is 23.7 Å². The molecule has 10 heteroatoms. The van der Waals surface area contributed by atoms with Crippen molar-refractivity contribution in [3.05, 3.63) is 53.1 Å². The molecule has 0 bridgehead atoms. The lowest BCUT2D eigenvalue weighted by molar-refractivity contribution is -0.228. The van der Waals surface area contributed by atoms with Gasteiger partial charge in [-0.3, -0.25) is 24.3 Å². The molecule has 43 heavy (non-hydrogen) atoms. The molecule has 232 valence electrons. The number of hydrogen-bond donors (Lipinski definition) is 1. The Morgan fingerprint density at radius 3 is 2.60 bits per heavy atom. The maximum absolute atomic E-state index is 17.7. The van der Waals surface area contributed by atoms with Crippen LogP contribution in [0.25, 0.3) is 0 Å². The lowest BCUT2D eigenvalue weighted by Crippen LogP contribution is -2.70. The van der Waals surface area contributed by atoms with Crippen LogP contribution in [0.15, 0.2) is 48.1 Å². The number of fused-ring (bicyclic) bond motifs is 7. The van der Waals surface area contributed by atoms with Crippen molar-refractivity contribution in [1.82, 2.24) is 0 Å². The van der Waals surface area contributed by atoms with E-state index in [1.54, 1.807) is 36.3 Å². The number of Topliss-reactive ketones (excluding diaryl/α,β-unsaturated/α-hetero) is 1. The summed E-state index contributed by atoms with van der Waals surface area (Å²) in [7, 11) is 0. The van der Waals surface area contributed by atoms with Crippen LogP contribution in [0.2, 0.25) is 5.02 Å². The van der Waals surface area contributed by atoms with Gasteiger partial charge in [-0.25, -0.2) is 8.78 Å². The average molecular weight is 618 g/mol. The van der Waals surface area contributed by atoms with Crippen LogP contribution in [-0.4, -0.2) is 59.3 Å². The van der Waals surface area contributed by atoms with Gasteiger partial charge in [0.2, 0.25) is 5.78 Å². The zero-order chi connectivity index (χ0) is 30.9. The number of nitrogens with zero attached hydrogens (tertiary/aromatic N) is 1. The first-order valence-electron chi connectivity index (χ1n) is 15.2. The van der Waals surface area contributed by atoms with Crippen LogP contribution in [0, 0.1) is 28.6 Å². The van der Waals surface area contributed by atoms with Gasteiger partial charge in [0, 0.05) is 34.1 Å². The summed E-state index contributed by atoms with van der Waals surface area (Å²) in [4.78, 5) is 45.5.